The first-order chi connectivity index (χ1) is 10.5. The lowest BCUT2D eigenvalue weighted by Gasteiger charge is -2.20. The predicted octanol–water partition coefficient (Wildman–Crippen LogP) is 2.36. The molecule has 120 valence electrons. The zero-order valence-corrected chi connectivity index (χ0v) is 13.2. The van der Waals surface area contributed by atoms with Crippen molar-refractivity contribution in [3.8, 4) is 0 Å². The normalized spacial score (nSPS) is 16.5. The lowest BCUT2D eigenvalue weighted by molar-refractivity contribution is -0.385. The maximum atomic E-state index is 12.2. The van der Waals surface area contributed by atoms with E-state index in [4.69, 9.17) is 0 Å². The van der Waals surface area contributed by atoms with Crippen LogP contribution in [0.15, 0.2) is 18.2 Å². The number of benzene rings is 1. The number of nitro groups is 1. The Morgan fingerprint density at radius 3 is 2.73 bits per heavy atom. The first kappa shape index (κ1) is 16.4. The fraction of sp³-hybridized carbons (Fsp3) is 0.562. The van der Waals surface area contributed by atoms with Gasteiger partial charge in [0.05, 0.1) is 4.92 Å². The Bertz CT molecular complexity index is 554. The monoisotopic (exact) mass is 305 g/mol. The molecule has 1 unspecified atom stereocenters. The van der Waals surface area contributed by atoms with Crippen LogP contribution in [0.5, 0.6) is 0 Å². The smallest absolute Gasteiger partial charge is 0.273 e. The minimum absolute atomic E-state index is 0.0160. The average Bonchev–Trinajstić information content (AvgIpc) is 2.97. The van der Waals surface area contributed by atoms with Gasteiger partial charge in [0, 0.05) is 30.3 Å². The second kappa shape index (κ2) is 7.35. The minimum Gasteiger partial charge on any atom is -0.352 e. The van der Waals surface area contributed by atoms with Crippen molar-refractivity contribution in [3.63, 3.8) is 0 Å². The molecule has 0 radical (unpaired) electrons. The summed E-state index contributed by atoms with van der Waals surface area (Å²) < 4.78 is 0. The molecule has 1 saturated heterocycles. The number of amides is 1. The summed E-state index contributed by atoms with van der Waals surface area (Å²) in [5, 5.41) is 13.8. The summed E-state index contributed by atoms with van der Waals surface area (Å²) in [7, 11) is 0. The number of hydrogen-bond acceptors (Lipinski definition) is 4. The standard InChI is InChI=1S/C16H23N3O3/c1-12(11-18-8-3-4-9-18)10-17-16(20)14-6-5-7-15(13(14)2)19(21)22/h5-7,12H,3-4,8-11H2,1-2H3,(H,17,20). The van der Waals surface area contributed by atoms with E-state index in [1.807, 2.05) is 0 Å². The van der Waals surface area contributed by atoms with E-state index >= 15 is 0 Å². The van der Waals surface area contributed by atoms with Crippen molar-refractivity contribution in [2.45, 2.75) is 26.7 Å². The number of rotatable bonds is 6. The van der Waals surface area contributed by atoms with E-state index in [9.17, 15) is 14.9 Å². The number of nitrogens with zero attached hydrogens (tertiary/aromatic N) is 2. The van der Waals surface area contributed by atoms with Crippen LogP contribution in [-0.2, 0) is 0 Å². The third kappa shape index (κ3) is 4.04. The van der Waals surface area contributed by atoms with E-state index in [0.717, 1.165) is 19.6 Å². The first-order valence-corrected chi connectivity index (χ1v) is 7.73. The van der Waals surface area contributed by atoms with Crippen molar-refractivity contribution >= 4 is 11.6 Å². The van der Waals surface area contributed by atoms with Crippen molar-refractivity contribution in [1.29, 1.82) is 0 Å². The molecule has 6 heteroatoms. The largest absolute Gasteiger partial charge is 0.352 e. The molecule has 1 aromatic carbocycles. The van der Waals surface area contributed by atoms with Crippen molar-refractivity contribution in [3.05, 3.63) is 39.4 Å². The van der Waals surface area contributed by atoms with Crippen LogP contribution in [0.3, 0.4) is 0 Å². The van der Waals surface area contributed by atoms with Gasteiger partial charge in [-0.15, -0.1) is 0 Å². The van der Waals surface area contributed by atoms with Gasteiger partial charge in [0.25, 0.3) is 11.6 Å². The van der Waals surface area contributed by atoms with Crippen LogP contribution in [0.4, 0.5) is 5.69 Å². The van der Waals surface area contributed by atoms with Gasteiger partial charge in [-0.3, -0.25) is 14.9 Å². The fourth-order valence-corrected chi connectivity index (χ4v) is 2.90. The first-order valence-electron chi connectivity index (χ1n) is 7.73. The van der Waals surface area contributed by atoms with Crippen LogP contribution in [0, 0.1) is 23.0 Å². The van der Waals surface area contributed by atoms with Crippen LogP contribution in [0.25, 0.3) is 0 Å². The van der Waals surface area contributed by atoms with Gasteiger partial charge in [-0.05, 0) is 44.8 Å². The van der Waals surface area contributed by atoms with Crippen molar-refractivity contribution in [2.75, 3.05) is 26.2 Å². The summed E-state index contributed by atoms with van der Waals surface area (Å²) >= 11 is 0. The number of carbonyl (C=O) groups excluding carboxylic acids is 1. The Morgan fingerprint density at radius 2 is 2.09 bits per heavy atom. The third-order valence-corrected chi connectivity index (χ3v) is 4.13. The molecule has 0 aromatic heterocycles. The van der Waals surface area contributed by atoms with E-state index in [1.165, 1.54) is 18.9 Å². The lowest BCUT2D eigenvalue weighted by Crippen LogP contribution is -2.34. The summed E-state index contributed by atoms with van der Waals surface area (Å²) in [6, 6.07) is 4.60. The van der Waals surface area contributed by atoms with E-state index in [2.05, 4.69) is 17.1 Å². The molecule has 2 rings (SSSR count). The van der Waals surface area contributed by atoms with Crippen LogP contribution in [-0.4, -0.2) is 41.9 Å². The molecule has 1 aromatic rings. The number of likely N-dealkylation sites (tertiary alicyclic amines) is 1. The molecule has 0 spiro atoms. The number of nitro benzene ring substituents is 1. The van der Waals surface area contributed by atoms with Gasteiger partial charge in [0.15, 0.2) is 0 Å². The minimum atomic E-state index is -0.456. The summed E-state index contributed by atoms with van der Waals surface area (Å²) in [6.07, 6.45) is 2.51. The van der Waals surface area contributed by atoms with Gasteiger partial charge >= 0.3 is 0 Å². The lowest BCUT2D eigenvalue weighted by atomic mass is 10.1. The Labute approximate surface area is 130 Å². The molecule has 1 amide bonds. The molecule has 0 bridgehead atoms. The predicted molar refractivity (Wildman–Crippen MR) is 85.0 cm³/mol. The van der Waals surface area contributed by atoms with Crippen LogP contribution in [0.1, 0.15) is 35.7 Å². The molecular formula is C16H23N3O3. The number of hydrogen-bond donors (Lipinski definition) is 1. The SMILES string of the molecule is Cc1c(C(=O)NCC(C)CN2CCCC2)cccc1[N+](=O)[O-]. The Hall–Kier alpha value is -1.95. The van der Waals surface area contributed by atoms with Gasteiger partial charge < -0.3 is 10.2 Å². The molecule has 6 nitrogen and oxygen atoms in total. The van der Waals surface area contributed by atoms with E-state index < -0.39 is 4.92 Å². The molecule has 1 aliphatic heterocycles. The molecule has 22 heavy (non-hydrogen) atoms. The van der Waals surface area contributed by atoms with Crippen LogP contribution < -0.4 is 5.32 Å². The molecule has 0 aliphatic carbocycles. The average molecular weight is 305 g/mol. The second-order valence-corrected chi connectivity index (χ2v) is 6.03. The number of nitrogens with one attached hydrogen (secondary N) is 1. The third-order valence-electron chi connectivity index (χ3n) is 4.13. The highest BCUT2D eigenvalue weighted by Crippen LogP contribution is 2.21. The van der Waals surface area contributed by atoms with E-state index in [1.54, 1.807) is 19.1 Å². The summed E-state index contributed by atoms with van der Waals surface area (Å²) in [5.74, 6) is 0.121. The fourth-order valence-electron chi connectivity index (χ4n) is 2.90. The molecule has 1 fully saturated rings. The maximum Gasteiger partial charge on any atom is 0.273 e. The summed E-state index contributed by atoms with van der Waals surface area (Å²) in [6.45, 7) is 7.57. The molecule has 1 aliphatic rings. The van der Waals surface area contributed by atoms with Gasteiger partial charge in [-0.2, -0.15) is 0 Å². The molecular weight excluding hydrogens is 282 g/mol. The van der Waals surface area contributed by atoms with Gasteiger partial charge in [0.1, 0.15) is 0 Å². The van der Waals surface area contributed by atoms with Gasteiger partial charge in [0.2, 0.25) is 0 Å². The Morgan fingerprint density at radius 1 is 1.41 bits per heavy atom. The van der Waals surface area contributed by atoms with Crippen LogP contribution >= 0.6 is 0 Å². The Balaban J connectivity index is 1.91. The van der Waals surface area contributed by atoms with Gasteiger partial charge in [-0.25, -0.2) is 0 Å². The highest BCUT2D eigenvalue weighted by Gasteiger charge is 2.19. The van der Waals surface area contributed by atoms with E-state index in [-0.39, 0.29) is 11.6 Å². The Kier molecular flexibility index (Phi) is 5.49. The molecule has 1 heterocycles. The molecule has 1 N–H and O–H groups in total. The quantitative estimate of drug-likeness (QED) is 0.646. The van der Waals surface area contributed by atoms with Crippen LogP contribution in [0.2, 0.25) is 0 Å². The number of carbonyl (C=O) groups is 1. The van der Waals surface area contributed by atoms with Crippen molar-refractivity contribution in [1.82, 2.24) is 10.2 Å². The summed E-state index contributed by atoms with van der Waals surface area (Å²) in [4.78, 5) is 25.1. The summed E-state index contributed by atoms with van der Waals surface area (Å²) in [5.41, 5.74) is 0.775. The topological polar surface area (TPSA) is 75.5 Å². The molecule has 0 saturated carbocycles. The van der Waals surface area contributed by atoms with Crippen molar-refractivity contribution < 1.29 is 9.72 Å². The maximum absolute atomic E-state index is 12.2. The highest BCUT2D eigenvalue weighted by molar-refractivity contribution is 5.96. The second-order valence-electron chi connectivity index (χ2n) is 6.03. The van der Waals surface area contributed by atoms with E-state index in [0.29, 0.717) is 23.6 Å². The molecule has 1 atom stereocenters. The van der Waals surface area contributed by atoms with Crippen molar-refractivity contribution in [2.24, 2.45) is 5.92 Å². The van der Waals surface area contributed by atoms with Gasteiger partial charge in [-0.1, -0.05) is 13.0 Å². The zero-order chi connectivity index (χ0) is 16.1. The highest BCUT2D eigenvalue weighted by atomic mass is 16.6. The zero-order valence-electron chi connectivity index (χ0n) is 13.2.